The molecule has 0 atom stereocenters. The summed E-state index contributed by atoms with van der Waals surface area (Å²) >= 11 is 9.34. The summed E-state index contributed by atoms with van der Waals surface area (Å²) in [5.41, 5.74) is 1.40. The summed E-state index contributed by atoms with van der Waals surface area (Å²) in [5.74, 6) is -0.962. The zero-order chi connectivity index (χ0) is 20.5. The number of carbonyl (C=O) groups excluding carboxylic acids is 3. The quantitative estimate of drug-likeness (QED) is 0.544. The van der Waals surface area contributed by atoms with E-state index in [2.05, 4.69) is 26.6 Å². The van der Waals surface area contributed by atoms with Gasteiger partial charge in [-0.1, -0.05) is 30.9 Å². The Kier molecular flexibility index (Phi) is 9.25. The van der Waals surface area contributed by atoms with Crippen molar-refractivity contribution >= 4 is 51.0 Å². The van der Waals surface area contributed by atoms with Gasteiger partial charge in [0, 0.05) is 29.0 Å². The Morgan fingerprint density at radius 1 is 1.14 bits per heavy atom. The van der Waals surface area contributed by atoms with Crippen LogP contribution < -0.4 is 10.6 Å². The number of rotatable bonds is 8. The number of esters is 1. The van der Waals surface area contributed by atoms with Crippen molar-refractivity contribution in [3.8, 4) is 0 Å². The molecule has 28 heavy (non-hydrogen) atoms. The molecule has 1 saturated carbocycles. The number of hydrogen-bond donors (Lipinski definition) is 2. The van der Waals surface area contributed by atoms with Crippen molar-refractivity contribution in [3.63, 3.8) is 0 Å². The van der Waals surface area contributed by atoms with Gasteiger partial charge in [-0.2, -0.15) is 0 Å². The van der Waals surface area contributed by atoms with Gasteiger partial charge in [0.15, 0.2) is 6.61 Å². The SMILES string of the molecule is Cc1cc(Br)c(Cl)cc1NC(=O)COC(=O)CCCC(=O)NC1CCCCC1. The number of amides is 2. The lowest BCUT2D eigenvalue weighted by Crippen LogP contribution is -2.36. The highest BCUT2D eigenvalue weighted by molar-refractivity contribution is 9.10. The predicted molar refractivity (Wildman–Crippen MR) is 112 cm³/mol. The number of anilines is 1. The summed E-state index contributed by atoms with van der Waals surface area (Å²) in [6.07, 6.45) is 6.41. The van der Waals surface area contributed by atoms with E-state index in [0.717, 1.165) is 35.7 Å². The minimum atomic E-state index is -0.494. The van der Waals surface area contributed by atoms with E-state index in [1.54, 1.807) is 12.1 Å². The van der Waals surface area contributed by atoms with Crippen LogP contribution in [-0.2, 0) is 19.1 Å². The second-order valence-corrected chi connectivity index (χ2v) is 8.31. The molecule has 1 aromatic carbocycles. The van der Waals surface area contributed by atoms with Crippen molar-refractivity contribution in [1.29, 1.82) is 0 Å². The Bertz CT molecular complexity index is 720. The Balaban J connectivity index is 1.63. The van der Waals surface area contributed by atoms with Gasteiger partial charge in [0.2, 0.25) is 5.91 Å². The third-order valence-corrected chi connectivity index (χ3v) is 5.86. The second-order valence-electron chi connectivity index (χ2n) is 7.05. The average Bonchev–Trinajstić information content (AvgIpc) is 2.65. The number of halogens is 2. The molecular weight excluding hydrogens is 448 g/mol. The van der Waals surface area contributed by atoms with Crippen LogP contribution >= 0.6 is 27.5 Å². The summed E-state index contributed by atoms with van der Waals surface area (Å²) in [6.45, 7) is 1.46. The largest absolute Gasteiger partial charge is 0.456 e. The van der Waals surface area contributed by atoms with Gasteiger partial charge < -0.3 is 15.4 Å². The van der Waals surface area contributed by atoms with E-state index in [1.165, 1.54) is 6.42 Å². The van der Waals surface area contributed by atoms with Crippen LogP contribution in [0.25, 0.3) is 0 Å². The summed E-state index contributed by atoms with van der Waals surface area (Å²) in [7, 11) is 0. The average molecular weight is 474 g/mol. The van der Waals surface area contributed by atoms with Crippen LogP contribution in [0.5, 0.6) is 0 Å². The molecule has 2 N–H and O–H groups in total. The molecule has 1 aliphatic carbocycles. The molecule has 0 heterocycles. The first-order chi connectivity index (χ1) is 13.3. The molecule has 0 spiro atoms. The summed E-state index contributed by atoms with van der Waals surface area (Å²) in [5, 5.41) is 6.16. The first-order valence-electron chi connectivity index (χ1n) is 9.55. The highest BCUT2D eigenvalue weighted by atomic mass is 79.9. The lowest BCUT2D eigenvalue weighted by atomic mass is 9.95. The highest BCUT2D eigenvalue weighted by Crippen LogP contribution is 2.28. The number of nitrogens with one attached hydrogen (secondary N) is 2. The maximum atomic E-state index is 12.0. The van der Waals surface area contributed by atoms with Crippen molar-refractivity contribution in [3.05, 3.63) is 27.2 Å². The number of ether oxygens (including phenoxy) is 1. The lowest BCUT2D eigenvalue weighted by Gasteiger charge is -2.22. The van der Waals surface area contributed by atoms with E-state index in [0.29, 0.717) is 17.1 Å². The van der Waals surface area contributed by atoms with Crippen LogP contribution in [-0.4, -0.2) is 30.4 Å². The normalized spacial score (nSPS) is 14.4. The molecule has 0 bridgehead atoms. The van der Waals surface area contributed by atoms with E-state index >= 15 is 0 Å². The van der Waals surface area contributed by atoms with Crippen LogP contribution in [0.15, 0.2) is 16.6 Å². The fourth-order valence-corrected chi connectivity index (χ4v) is 3.75. The molecule has 0 radical (unpaired) electrons. The molecule has 0 saturated heterocycles. The van der Waals surface area contributed by atoms with Crippen molar-refractivity contribution in [2.75, 3.05) is 11.9 Å². The molecule has 1 aromatic rings. The fourth-order valence-electron chi connectivity index (χ4n) is 3.13. The molecule has 0 aromatic heterocycles. The van der Waals surface area contributed by atoms with Crippen LogP contribution in [0.3, 0.4) is 0 Å². The summed E-state index contributed by atoms with van der Waals surface area (Å²) < 4.78 is 5.72. The third-order valence-electron chi connectivity index (χ3n) is 4.66. The van der Waals surface area contributed by atoms with Gasteiger partial charge in [-0.25, -0.2) is 0 Å². The van der Waals surface area contributed by atoms with Crippen molar-refractivity contribution in [2.24, 2.45) is 0 Å². The van der Waals surface area contributed by atoms with E-state index < -0.39 is 11.9 Å². The number of hydrogen-bond acceptors (Lipinski definition) is 4. The van der Waals surface area contributed by atoms with Gasteiger partial charge >= 0.3 is 5.97 Å². The van der Waals surface area contributed by atoms with Gasteiger partial charge in [0.25, 0.3) is 5.91 Å². The zero-order valence-electron chi connectivity index (χ0n) is 16.0. The van der Waals surface area contributed by atoms with Crippen molar-refractivity contribution in [2.45, 2.75) is 64.3 Å². The van der Waals surface area contributed by atoms with Crippen molar-refractivity contribution < 1.29 is 19.1 Å². The standard InChI is InChI=1S/C20H26BrClN2O4/c1-13-10-15(21)16(22)11-17(13)24-19(26)12-28-20(27)9-5-8-18(25)23-14-6-3-2-4-7-14/h10-11,14H,2-9,12H2,1H3,(H,23,25)(H,24,26). The Hall–Kier alpha value is -1.60. The molecule has 8 heteroatoms. The van der Waals surface area contributed by atoms with Crippen molar-refractivity contribution in [1.82, 2.24) is 5.32 Å². The minimum Gasteiger partial charge on any atom is -0.456 e. The van der Waals surface area contributed by atoms with Crippen LogP contribution in [0.4, 0.5) is 5.69 Å². The monoisotopic (exact) mass is 472 g/mol. The molecule has 2 amide bonds. The maximum absolute atomic E-state index is 12.0. The van der Waals surface area contributed by atoms with Gasteiger partial charge in [-0.15, -0.1) is 0 Å². The molecular formula is C20H26BrClN2O4. The van der Waals surface area contributed by atoms with Gasteiger partial charge in [0.1, 0.15) is 0 Å². The van der Waals surface area contributed by atoms with Crippen LogP contribution in [0, 0.1) is 6.92 Å². The molecule has 0 unspecified atom stereocenters. The molecule has 6 nitrogen and oxygen atoms in total. The summed E-state index contributed by atoms with van der Waals surface area (Å²) in [6, 6.07) is 3.70. The van der Waals surface area contributed by atoms with Gasteiger partial charge in [-0.05, 0) is 59.8 Å². The first-order valence-corrected chi connectivity index (χ1v) is 10.7. The Morgan fingerprint density at radius 2 is 1.86 bits per heavy atom. The highest BCUT2D eigenvalue weighted by Gasteiger charge is 2.16. The van der Waals surface area contributed by atoms with Crippen LogP contribution in [0.2, 0.25) is 5.02 Å². The second kappa shape index (κ2) is 11.4. The predicted octanol–water partition coefficient (Wildman–Crippen LogP) is 4.51. The number of aryl methyl sites for hydroxylation is 1. The molecule has 1 aliphatic rings. The molecule has 154 valence electrons. The minimum absolute atomic E-state index is 0.0277. The van der Waals surface area contributed by atoms with E-state index in [9.17, 15) is 14.4 Å². The maximum Gasteiger partial charge on any atom is 0.306 e. The van der Waals surface area contributed by atoms with Crippen LogP contribution in [0.1, 0.15) is 56.9 Å². The smallest absolute Gasteiger partial charge is 0.306 e. The fraction of sp³-hybridized carbons (Fsp3) is 0.550. The number of carbonyl (C=O) groups is 3. The topological polar surface area (TPSA) is 84.5 Å². The zero-order valence-corrected chi connectivity index (χ0v) is 18.3. The van der Waals surface area contributed by atoms with Gasteiger partial charge in [-0.3, -0.25) is 14.4 Å². The number of benzene rings is 1. The Morgan fingerprint density at radius 3 is 2.57 bits per heavy atom. The van der Waals surface area contributed by atoms with E-state index in [4.69, 9.17) is 16.3 Å². The first kappa shape index (κ1) is 22.7. The molecule has 2 rings (SSSR count). The van der Waals surface area contributed by atoms with E-state index in [1.807, 2.05) is 6.92 Å². The Labute approximate surface area is 178 Å². The van der Waals surface area contributed by atoms with E-state index in [-0.39, 0.29) is 31.4 Å². The molecule has 0 aliphatic heterocycles. The summed E-state index contributed by atoms with van der Waals surface area (Å²) in [4.78, 5) is 35.6. The lowest BCUT2D eigenvalue weighted by molar-refractivity contribution is -0.147. The van der Waals surface area contributed by atoms with Gasteiger partial charge in [0.05, 0.1) is 5.02 Å². The molecule has 1 fully saturated rings. The third kappa shape index (κ3) is 7.80.